The Kier molecular flexibility index (Phi) is 47.1. The van der Waals surface area contributed by atoms with Crippen molar-refractivity contribution < 1.29 is 24.5 Å². The predicted octanol–water partition coefficient (Wildman–Crippen LogP) is 15.8. The first kappa shape index (κ1) is 58.8. The molecule has 0 saturated heterocycles. The maximum atomic E-state index is 13.2. The molecule has 1 amide bonds. The van der Waals surface area contributed by atoms with E-state index in [2.05, 4.69) is 74.7 Å². The molecule has 3 atom stereocenters. The van der Waals surface area contributed by atoms with Gasteiger partial charge in [0.2, 0.25) is 5.91 Å². The van der Waals surface area contributed by atoms with Crippen LogP contribution in [0.3, 0.4) is 0 Å². The quantitative estimate of drug-likeness (QED) is 0.0245. The summed E-state index contributed by atoms with van der Waals surface area (Å²) >= 11 is 0. The van der Waals surface area contributed by atoms with Crippen LogP contribution in [0.2, 0.25) is 0 Å². The molecule has 0 aliphatic rings. The van der Waals surface area contributed by atoms with Gasteiger partial charge in [0.1, 0.15) is 6.10 Å². The highest BCUT2D eigenvalue weighted by atomic mass is 16.5. The summed E-state index contributed by atoms with van der Waals surface area (Å²) in [6, 6.07) is -0.714. The summed E-state index contributed by atoms with van der Waals surface area (Å²) in [5.41, 5.74) is 0. The fourth-order valence-electron chi connectivity index (χ4n) is 7.90. The molecule has 3 N–H and O–H groups in total. The van der Waals surface area contributed by atoms with Crippen molar-refractivity contribution >= 4 is 11.9 Å². The van der Waals surface area contributed by atoms with Crippen molar-refractivity contribution in [1.82, 2.24) is 5.32 Å². The molecule has 0 aromatic rings. The average molecular weight is 856 g/mol. The van der Waals surface area contributed by atoms with Crippen LogP contribution in [0.15, 0.2) is 48.6 Å². The number of carbonyl (C=O) groups excluding carboxylic acids is 2. The Labute approximate surface area is 378 Å². The van der Waals surface area contributed by atoms with Gasteiger partial charge in [-0.3, -0.25) is 9.59 Å². The van der Waals surface area contributed by atoms with Crippen molar-refractivity contribution in [1.29, 1.82) is 0 Å². The van der Waals surface area contributed by atoms with Gasteiger partial charge in [-0.15, -0.1) is 0 Å². The molecule has 3 unspecified atom stereocenters. The standard InChI is InChI=1S/C55H101NO5/c1-4-7-10-13-16-19-22-25-27-28-29-31-34-37-40-43-46-51(61-55(60)48-45-42-39-36-33-24-21-18-15-12-9-6-3)49-54(59)56-52(50-57)53(58)47-44-41-38-35-32-30-26-23-20-17-14-11-8-5-2/h18,21-22,25,27-29,31,51-53,57-58H,4-17,19-20,23-24,26,30,32-50H2,1-3H3,(H,56,59)/b21-18-,25-22+,28-27+,31-29+. The van der Waals surface area contributed by atoms with Crippen LogP contribution in [0.5, 0.6) is 0 Å². The maximum Gasteiger partial charge on any atom is 0.306 e. The minimum atomic E-state index is -0.798. The van der Waals surface area contributed by atoms with Gasteiger partial charge in [-0.05, 0) is 77.0 Å². The molecule has 6 heteroatoms. The third-order valence-corrected chi connectivity index (χ3v) is 11.9. The number of hydrogen-bond acceptors (Lipinski definition) is 5. The van der Waals surface area contributed by atoms with Crippen LogP contribution in [0.1, 0.15) is 265 Å². The molecular formula is C55H101NO5. The molecular weight excluding hydrogens is 755 g/mol. The highest BCUT2D eigenvalue weighted by Gasteiger charge is 2.24. The summed E-state index contributed by atoms with van der Waals surface area (Å²) in [7, 11) is 0. The number of ether oxygens (including phenoxy) is 1. The van der Waals surface area contributed by atoms with Gasteiger partial charge >= 0.3 is 5.97 Å². The van der Waals surface area contributed by atoms with E-state index in [0.717, 1.165) is 77.0 Å². The lowest BCUT2D eigenvalue weighted by Gasteiger charge is -2.24. The van der Waals surface area contributed by atoms with Crippen molar-refractivity contribution in [2.24, 2.45) is 0 Å². The van der Waals surface area contributed by atoms with Gasteiger partial charge in [-0.1, -0.05) is 223 Å². The van der Waals surface area contributed by atoms with E-state index in [4.69, 9.17) is 4.74 Å². The first-order valence-electron chi connectivity index (χ1n) is 26.4. The van der Waals surface area contributed by atoms with E-state index < -0.39 is 18.2 Å². The summed E-state index contributed by atoms with van der Waals surface area (Å²) in [6.07, 6.45) is 58.8. The number of hydrogen-bond donors (Lipinski definition) is 3. The van der Waals surface area contributed by atoms with Crippen molar-refractivity contribution in [2.75, 3.05) is 6.61 Å². The van der Waals surface area contributed by atoms with E-state index in [1.807, 2.05) is 0 Å². The van der Waals surface area contributed by atoms with Crippen LogP contribution in [0.25, 0.3) is 0 Å². The van der Waals surface area contributed by atoms with Gasteiger partial charge < -0.3 is 20.3 Å². The molecule has 0 spiro atoms. The predicted molar refractivity (Wildman–Crippen MR) is 264 cm³/mol. The zero-order valence-electron chi connectivity index (χ0n) is 40.5. The Balaban J connectivity index is 4.65. The fourth-order valence-corrected chi connectivity index (χ4v) is 7.90. The SMILES string of the molecule is CCCCC/C=C\CCCCCCCC(=O)OC(CCCCC/C=C/C=C/C=C/CCCCCCC)CC(=O)NC(CO)C(O)CCCCCCCCCCCCCCCC. The molecule has 356 valence electrons. The van der Waals surface area contributed by atoms with E-state index in [1.54, 1.807) is 0 Å². The Hall–Kier alpha value is -2.18. The molecule has 61 heavy (non-hydrogen) atoms. The second-order valence-corrected chi connectivity index (χ2v) is 18.0. The zero-order valence-corrected chi connectivity index (χ0v) is 40.5. The molecule has 0 radical (unpaired) electrons. The molecule has 0 aromatic heterocycles. The highest BCUT2D eigenvalue weighted by Crippen LogP contribution is 2.17. The lowest BCUT2D eigenvalue weighted by atomic mass is 10.0. The number of nitrogens with one attached hydrogen (secondary N) is 1. The number of amides is 1. The number of rotatable bonds is 47. The lowest BCUT2D eigenvalue weighted by Crippen LogP contribution is -2.46. The Bertz CT molecular complexity index is 1050. The summed E-state index contributed by atoms with van der Waals surface area (Å²) in [5.74, 6) is -0.513. The Morgan fingerprint density at radius 2 is 0.852 bits per heavy atom. The van der Waals surface area contributed by atoms with E-state index in [1.165, 1.54) is 141 Å². The van der Waals surface area contributed by atoms with Gasteiger partial charge in [-0.2, -0.15) is 0 Å². The molecule has 6 nitrogen and oxygen atoms in total. The van der Waals surface area contributed by atoms with Gasteiger partial charge in [0.15, 0.2) is 0 Å². The molecule has 0 aromatic carbocycles. The van der Waals surface area contributed by atoms with E-state index in [0.29, 0.717) is 19.3 Å². The molecule has 0 fully saturated rings. The Morgan fingerprint density at radius 3 is 1.34 bits per heavy atom. The number of esters is 1. The van der Waals surface area contributed by atoms with Gasteiger partial charge in [-0.25, -0.2) is 0 Å². The zero-order chi connectivity index (χ0) is 44.5. The van der Waals surface area contributed by atoms with Crippen LogP contribution in [0, 0.1) is 0 Å². The highest BCUT2D eigenvalue weighted by molar-refractivity contribution is 5.77. The molecule has 0 aliphatic heterocycles. The largest absolute Gasteiger partial charge is 0.462 e. The van der Waals surface area contributed by atoms with Crippen LogP contribution in [0.4, 0.5) is 0 Å². The molecule has 0 aliphatic carbocycles. The van der Waals surface area contributed by atoms with Crippen molar-refractivity contribution in [3.8, 4) is 0 Å². The number of unbranched alkanes of at least 4 members (excludes halogenated alkanes) is 29. The van der Waals surface area contributed by atoms with Crippen LogP contribution in [-0.2, 0) is 14.3 Å². The topological polar surface area (TPSA) is 95.9 Å². The van der Waals surface area contributed by atoms with Gasteiger partial charge in [0.25, 0.3) is 0 Å². The molecule has 0 rings (SSSR count). The van der Waals surface area contributed by atoms with Crippen LogP contribution >= 0.6 is 0 Å². The van der Waals surface area contributed by atoms with Crippen molar-refractivity contribution in [3.05, 3.63) is 48.6 Å². The van der Waals surface area contributed by atoms with Crippen LogP contribution in [-0.4, -0.2) is 46.9 Å². The summed E-state index contributed by atoms with van der Waals surface area (Å²) in [5, 5.41) is 23.8. The minimum Gasteiger partial charge on any atom is -0.462 e. The first-order valence-corrected chi connectivity index (χ1v) is 26.4. The van der Waals surface area contributed by atoms with E-state index in [-0.39, 0.29) is 24.9 Å². The fraction of sp³-hybridized carbons (Fsp3) is 0.818. The number of aliphatic hydroxyl groups excluding tert-OH is 2. The molecule has 0 saturated carbocycles. The third-order valence-electron chi connectivity index (χ3n) is 11.9. The second kappa shape index (κ2) is 48.8. The number of aliphatic hydroxyl groups is 2. The second-order valence-electron chi connectivity index (χ2n) is 18.0. The van der Waals surface area contributed by atoms with Crippen LogP contribution < -0.4 is 5.32 Å². The normalized spacial score (nSPS) is 13.6. The lowest BCUT2D eigenvalue weighted by molar-refractivity contribution is -0.151. The third kappa shape index (κ3) is 44.2. The minimum absolute atomic E-state index is 0.0523. The number of allylic oxidation sites excluding steroid dienone is 8. The summed E-state index contributed by atoms with van der Waals surface area (Å²) < 4.78 is 5.91. The summed E-state index contributed by atoms with van der Waals surface area (Å²) in [4.78, 5) is 26.1. The van der Waals surface area contributed by atoms with Gasteiger partial charge in [0, 0.05) is 6.42 Å². The molecule has 0 heterocycles. The smallest absolute Gasteiger partial charge is 0.306 e. The monoisotopic (exact) mass is 856 g/mol. The van der Waals surface area contributed by atoms with Crippen molar-refractivity contribution in [2.45, 2.75) is 283 Å². The maximum absolute atomic E-state index is 13.2. The number of carbonyl (C=O) groups is 2. The van der Waals surface area contributed by atoms with E-state index in [9.17, 15) is 19.8 Å². The van der Waals surface area contributed by atoms with Gasteiger partial charge in [0.05, 0.1) is 25.2 Å². The van der Waals surface area contributed by atoms with Crippen molar-refractivity contribution in [3.63, 3.8) is 0 Å². The average Bonchev–Trinajstić information content (AvgIpc) is 3.25. The first-order chi connectivity index (χ1) is 30.0. The Morgan fingerprint density at radius 1 is 0.475 bits per heavy atom. The van der Waals surface area contributed by atoms with E-state index >= 15 is 0 Å². The summed E-state index contributed by atoms with van der Waals surface area (Å²) in [6.45, 7) is 6.44. The molecule has 0 bridgehead atoms.